The minimum atomic E-state index is 0.248. The summed E-state index contributed by atoms with van der Waals surface area (Å²) in [6.07, 6.45) is 3.63. The van der Waals surface area contributed by atoms with Crippen molar-refractivity contribution >= 4 is 0 Å². The van der Waals surface area contributed by atoms with Crippen LogP contribution in [0.5, 0.6) is 5.75 Å². The Hall–Kier alpha value is -1.02. The van der Waals surface area contributed by atoms with E-state index in [2.05, 4.69) is 64.2 Å². The molecule has 0 spiro atoms. The molecular formula is C18H31NO. The van der Waals surface area contributed by atoms with Crippen LogP contribution in [0.25, 0.3) is 0 Å². The average molecular weight is 277 g/mol. The summed E-state index contributed by atoms with van der Waals surface area (Å²) in [4.78, 5) is 0. The van der Waals surface area contributed by atoms with Gasteiger partial charge in [-0.1, -0.05) is 53.2 Å². The van der Waals surface area contributed by atoms with Gasteiger partial charge in [0.15, 0.2) is 0 Å². The number of rotatable bonds is 9. The van der Waals surface area contributed by atoms with E-state index in [4.69, 9.17) is 4.74 Å². The zero-order chi connectivity index (χ0) is 15.0. The molecule has 0 saturated heterocycles. The Kier molecular flexibility index (Phi) is 7.68. The zero-order valence-corrected chi connectivity index (χ0v) is 13.8. The van der Waals surface area contributed by atoms with Crippen LogP contribution in [0, 0.1) is 0 Å². The summed E-state index contributed by atoms with van der Waals surface area (Å²) in [5.41, 5.74) is 1.34. The second-order valence-corrected chi connectivity index (χ2v) is 5.74. The lowest BCUT2D eigenvalue weighted by molar-refractivity contribution is 0.143. The molecule has 0 bridgehead atoms. The van der Waals surface area contributed by atoms with Gasteiger partial charge in [0.05, 0.1) is 0 Å². The monoisotopic (exact) mass is 277 g/mol. The van der Waals surface area contributed by atoms with E-state index in [9.17, 15) is 0 Å². The Morgan fingerprint density at radius 1 is 1.15 bits per heavy atom. The van der Waals surface area contributed by atoms with Gasteiger partial charge < -0.3 is 10.1 Å². The molecule has 2 atom stereocenters. The van der Waals surface area contributed by atoms with Crippen molar-refractivity contribution in [3.05, 3.63) is 29.8 Å². The van der Waals surface area contributed by atoms with Gasteiger partial charge in [0.25, 0.3) is 0 Å². The van der Waals surface area contributed by atoms with Crippen molar-refractivity contribution in [1.82, 2.24) is 5.32 Å². The van der Waals surface area contributed by atoms with Crippen LogP contribution in [-0.2, 0) is 0 Å². The number of likely N-dealkylation sites (N-methyl/N-ethyl adjacent to an activating group) is 1. The quantitative estimate of drug-likeness (QED) is 0.703. The number of ether oxygens (including phenoxy) is 1. The van der Waals surface area contributed by atoms with Crippen LogP contribution in [0.3, 0.4) is 0 Å². The van der Waals surface area contributed by atoms with Crippen molar-refractivity contribution in [1.29, 1.82) is 0 Å². The lowest BCUT2D eigenvalue weighted by Crippen LogP contribution is -2.42. The highest BCUT2D eigenvalue weighted by Crippen LogP contribution is 2.22. The first-order valence-electron chi connectivity index (χ1n) is 8.12. The highest BCUT2D eigenvalue weighted by atomic mass is 16.5. The topological polar surface area (TPSA) is 21.3 Å². The molecule has 2 nitrogen and oxygen atoms in total. The number of hydrogen-bond donors (Lipinski definition) is 1. The van der Waals surface area contributed by atoms with E-state index in [1.165, 1.54) is 12.0 Å². The molecule has 2 heteroatoms. The SMILES string of the molecule is CCCC(NCC)C(CC)Oc1cccc(C(C)C)c1. The predicted octanol–water partition coefficient (Wildman–Crippen LogP) is 4.75. The molecule has 0 aliphatic carbocycles. The van der Waals surface area contributed by atoms with Crippen molar-refractivity contribution in [2.75, 3.05) is 6.54 Å². The first-order valence-corrected chi connectivity index (χ1v) is 8.12. The van der Waals surface area contributed by atoms with Crippen LogP contribution in [0.15, 0.2) is 24.3 Å². The highest BCUT2D eigenvalue weighted by Gasteiger charge is 2.20. The Morgan fingerprint density at radius 3 is 2.45 bits per heavy atom. The molecular weight excluding hydrogens is 246 g/mol. The first-order chi connectivity index (χ1) is 9.62. The van der Waals surface area contributed by atoms with E-state index >= 15 is 0 Å². The Labute approximate surface area is 124 Å². The van der Waals surface area contributed by atoms with Gasteiger partial charge in [-0.15, -0.1) is 0 Å². The molecule has 0 saturated carbocycles. The molecule has 1 aromatic carbocycles. The Balaban J connectivity index is 2.78. The summed E-state index contributed by atoms with van der Waals surface area (Å²) in [6, 6.07) is 8.97. The van der Waals surface area contributed by atoms with E-state index in [-0.39, 0.29) is 6.10 Å². The van der Waals surface area contributed by atoms with Gasteiger partial charge in [0.2, 0.25) is 0 Å². The fourth-order valence-corrected chi connectivity index (χ4v) is 2.56. The molecule has 0 fully saturated rings. The van der Waals surface area contributed by atoms with Crippen LogP contribution in [0.4, 0.5) is 0 Å². The largest absolute Gasteiger partial charge is 0.489 e. The minimum absolute atomic E-state index is 0.248. The molecule has 2 unspecified atom stereocenters. The third-order valence-electron chi connectivity index (χ3n) is 3.73. The first kappa shape index (κ1) is 17.0. The highest BCUT2D eigenvalue weighted by molar-refractivity contribution is 5.30. The summed E-state index contributed by atoms with van der Waals surface area (Å²) < 4.78 is 6.26. The van der Waals surface area contributed by atoms with Crippen molar-refractivity contribution in [2.24, 2.45) is 0 Å². The molecule has 0 aliphatic heterocycles. The summed E-state index contributed by atoms with van der Waals surface area (Å²) in [6.45, 7) is 12.0. The molecule has 0 radical (unpaired) electrons. The maximum absolute atomic E-state index is 6.26. The van der Waals surface area contributed by atoms with Gasteiger partial charge in [-0.2, -0.15) is 0 Å². The van der Waals surface area contributed by atoms with Gasteiger partial charge in [-0.25, -0.2) is 0 Å². The number of benzene rings is 1. The smallest absolute Gasteiger partial charge is 0.120 e. The van der Waals surface area contributed by atoms with Crippen LogP contribution >= 0.6 is 0 Å². The summed E-state index contributed by atoms with van der Waals surface area (Å²) in [5, 5.41) is 3.57. The third kappa shape index (κ3) is 5.16. The summed E-state index contributed by atoms with van der Waals surface area (Å²) in [7, 11) is 0. The van der Waals surface area contributed by atoms with Crippen LogP contribution in [0.1, 0.15) is 65.4 Å². The van der Waals surface area contributed by atoms with Gasteiger partial charge in [0, 0.05) is 6.04 Å². The van der Waals surface area contributed by atoms with Crippen molar-refractivity contribution in [3.8, 4) is 5.75 Å². The molecule has 1 N–H and O–H groups in total. The van der Waals surface area contributed by atoms with Crippen LogP contribution in [-0.4, -0.2) is 18.7 Å². The standard InChI is InChI=1S/C18H31NO/c1-6-10-17(19-8-3)18(7-2)20-16-12-9-11-15(13-16)14(4)5/h9,11-14,17-19H,6-8,10H2,1-5H3. The van der Waals surface area contributed by atoms with Crippen molar-refractivity contribution in [2.45, 2.75) is 71.9 Å². The lowest BCUT2D eigenvalue weighted by atomic mass is 10.0. The van der Waals surface area contributed by atoms with Crippen LogP contribution in [0.2, 0.25) is 0 Å². The fourth-order valence-electron chi connectivity index (χ4n) is 2.56. The second-order valence-electron chi connectivity index (χ2n) is 5.74. The zero-order valence-electron chi connectivity index (χ0n) is 13.8. The maximum Gasteiger partial charge on any atom is 0.120 e. The van der Waals surface area contributed by atoms with Crippen molar-refractivity contribution in [3.63, 3.8) is 0 Å². The maximum atomic E-state index is 6.26. The van der Waals surface area contributed by atoms with Gasteiger partial charge in [-0.3, -0.25) is 0 Å². The van der Waals surface area contributed by atoms with Crippen molar-refractivity contribution < 1.29 is 4.74 Å². The minimum Gasteiger partial charge on any atom is -0.489 e. The number of nitrogens with one attached hydrogen (secondary N) is 1. The normalized spacial score (nSPS) is 14.3. The number of hydrogen-bond acceptors (Lipinski definition) is 2. The fraction of sp³-hybridized carbons (Fsp3) is 0.667. The van der Waals surface area contributed by atoms with Gasteiger partial charge in [0.1, 0.15) is 11.9 Å². The van der Waals surface area contributed by atoms with E-state index in [1.807, 2.05) is 0 Å². The van der Waals surface area contributed by atoms with E-state index < -0.39 is 0 Å². The van der Waals surface area contributed by atoms with Gasteiger partial charge in [-0.05, 0) is 43.0 Å². The Morgan fingerprint density at radius 2 is 1.90 bits per heavy atom. The van der Waals surface area contributed by atoms with Gasteiger partial charge >= 0.3 is 0 Å². The molecule has 0 amide bonds. The average Bonchev–Trinajstić information content (AvgIpc) is 2.45. The Bertz CT molecular complexity index is 369. The summed E-state index contributed by atoms with van der Waals surface area (Å²) >= 11 is 0. The van der Waals surface area contributed by atoms with Crippen LogP contribution < -0.4 is 10.1 Å². The van der Waals surface area contributed by atoms with E-state index in [0.29, 0.717) is 12.0 Å². The molecule has 0 aromatic heterocycles. The molecule has 0 heterocycles. The molecule has 114 valence electrons. The second kappa shape index (κ2) is 9.02. The lowest BCUT2D eigenvalue weighted by Gasteiger charge is -2.28. The predicted molar refractivity (Wildman–Crippen MR) is 87.6 cm³/mol. The molecule has 20 heavy (non-hydrogen) atoms. The molecule has 1 aromatic rings. The van der Waals surface area contributed by atoms with E-state index in [0.717, 1.165) is 25.1 Å². The molecule has 0 aliphatic rings. The third-order valence-corrected chi connectivity index (χ3v) is 3.73. The molecule has 1 rings (SSSR count). The van der Waals surface area contributed by atoms with E-state index in [1.54, 1.807) is 0 Å². The summed E-state index contributed by atoms with van der Waals surface area (Å²) in [5.74, 6) is 1.54.